The molecule has 0 radical (unpaired) electrons. The quantitative estimate of drug-likeness (QED) is 0.528. The Balaban J connectivity index is 1.65. The zero-order valence-corrected chi connectivity index (χ0v) is 16.4. The third-order valence-electron chi connectivity index (χ3n) is 5.24. The number of nitrogens with zero attached hydrogens (tertiary/aromatic N) is 3. The number of aromatic nitrogens is 3. The van der Waals surface area contributed by atoms with Crippen LogP contribution in [0.2, 0.25) is 0 Å². The third-order valence-corrected chi connectivity index (χ3v) is 5.24. The van der Waals surface area contributed by atoms with E-state index in [-0.39, 0.29) is 5.69 Å². The van der Waals surface area contributed by atoms with Gasteiger partial charge in [0, 0.05) is 5.69 Å². The summed E-state index contributed by atoms with van der Waals surface area (Å²) in [5.41, 5.74) is 4.87. The molecule has 5 rings (SSSR count). The lowest BCUT2D eigenvalue weighted by Gasteiger charge is -2.27. The van der Waals surface area contributed by atoms with Crippen LogP contribution in [0.25, 0.3) is 27.8 Å². The number of aryl methyl sites for hydroxylation is 1. The molecule has 7 nitrogen and oxygen atoms in total. The number of carboxylic acid groups (broad SMARTS) is 1. The van der Waals surface area contributed by atoms with Crippen molar-refractivity contribution >= 4 is 22.7 Å². The Labute approximate surface area is 172 Å². The third kappa shape index (κ3) is 3.19. The highest BCUT2D eigenvalue weighted by Gasteiger charge is 2.20. The van der Waals surface area contributed by atoms with E-state index in [4.69, 9.17) is 4.74 Å². The van der Waals surface area contributed by atoms with Crippen molar-refractivity contribution in [1.82, 2.24) is 14.8 Å². The molecule has 1 aliphatic heterocycles. The normalized spacial score (nSPS) is 13.9. The van der Waals surface area contributed by atoms with E-state index in [1.807, 2.05) is 61.5 Å². The first-order valence-electron chi connectivity index (χ1n) is 9.74. The van der Waals surface area contributed by atoms with Crippen LogP contribution in [0.15, 0.2) is 60.7 Å². The highest BCUT2D eigenvalue weighted by atomic mass is 16.5. The molecule has 0 aliphatic carbocycles. The van der Waals surface area contributed by atoms with Gasteiger partial charge in [-0.15, -0.1) is 0 Å². The van der Waals surface area contributed by atoms with Gasteiger partial charge in [-0.25, -0.2) is 14.5 Å². The van der Waals surface area contributed by atoms with E-state index >= 15 is 0 Å². The molecule has 3 heterocycles. The van der Waals surface area contributed by atoms with Crippen LogP contribution in [-0.4, -0.2) is 45.1 Å². The average Bonchev–Trinajstić information content (AvgIpc) is 3.08. The second kappa shape index (κ2) is 7.27. The zero-order chi connectivity index (χ0) is 20.7. The molecule has 0 amide bonds. The van der Waals surface area contributed by atoms with Gasteiger partial charge >= 0.3 is 5.97 Å². The van der Waals surface area contributed by atoms with Crippen molar-refractivity contribution in [2.45, 2.75) is 13.0 Å². The predicted octanol–water partition coefficient (Wildman–Crippen LogP) is 3.90. The predicted molar refractivity (Wildman–Crippen MR) is 114 cm³/mol. The summed E-state index contributed by atoms with van der Waals surface area (Å²) in [6.45, 7) is 3.35. The molecule has 4 aromatic rings. The maximum atomic E-state index is 11.8. The topological polar surface area (TPSA) is 89.3 Å². The van der Waals surface area contributed by atoms with E-state index in [9.17, 15) is 9.90 Å². The SMILES string of the molecule is Cc1nn(-c2ccccc2)c2nc(C(=O)O)cc(-c3ccc(NC4COC4)cc3)c12. The minimum Gasteiger partial charge on any atom is -0.477 e. The molecule has 30 heavy (non-hydrogen) atoms. The first kappa shape index (κ1) is 18.3. The van der Waals surface area contributed by atoms with E-state index in [0.29, 0.717) is 24.9 Å². The van der Waals surface area contributed by atoms with Crippen LogP contribution in [-0.2, 0) is 4.74 Å². The summed E-state index contributed by atoms with van der Waals surface area (Å²) in [5, 5.41) is 18.6. The summed E-state index contributed by atoms with van der Waals surface area (Å²) in [4.78, 5) is 16.2. The number of pyridine rings is 1. The second-order valence-electron chi connectivity index (χ2n) is 7.35. The van der Waals surface area contributed by atoms with E-state index in [0.717, 1.165) is 33.6 Å². The van der Waals surface area contributed by atoms with Gasteiger partial charge in [0.2, 0.25) is 0 Å². The Bertz CT molecular complexity index is 1230. The fourth-order valence-corrected chi connectivity index (χ4v) is 3.68. The second-order valence-corrected chi connectivity index (χ2v) is 7.35. The maximum Gasteiger partial charge on any atom is 0.354 e. The molecular formula is C23H20N4O3. The van der Waals surface area contributed by atoms with Crippen molar-refractivity contribution in [2.75, 3.05) is 18.5 Å². The largest absolute Gasteiger partial charge is 0.477 e. The minimum atomic E-state index is -1.07. The van der Waals surface area contributed by atoms with Crippen molar-refractivity contribution in [1.29, 1.82) is 0 Å². The summed E-state index contributed by atoms with van der Waals surface area (Å²) in [5.74, 6) is -1.07. The molecule has 1 aliphatic rings. The highest BCUT2D eigenvalue weighted by Crippen LogP contribution is 2.33. The summed E-state index contributed by atoms with van der Waals surface area (Å²) in [6.07, 6.45) is 0. The molecule has 7 heteroatoms. The van der Waals surface area contributed by atoms with Crippen molar-refractivity contribution < 1.29 is 14.6 Å². The lowest BCUT2D eigenvalue weighted by molar-refractivity contribution is 0.0211. The maximum absolute atomic E-state index is 11.8. The van der Waals surface area contributed by atoms with Crippen LogP contribution in [0.5, 0.6) is 0 Å². The Morgan fingerprint density at radius 3 is 2.50 bits per heavy atom. The monoisotopic (exact) mass is 400 g/mol. The highest BCUT2D eigenvalue weighted by molar-refractivity contribution is 6.00. The van der Waals surface area contributed by atoms with E-state index in [2.05, 4.69) is 15.4 Å². The Hall–Kier alpha value is -3.71. The molecule has 0 atom stereocenters. The molecule has 0 unspecified atom stereocenters. The number of anilines is 1. The molecule has 1 fully saturated rings. The fraction of sp³-hybridized carbons (Fsp3) is 0.174. The van der Waals surface area contributed by atoms with E-state index in [1.54, 1.807) is 10.7 Å². The van der Waals surface area contributed by atoms with Crippen LogP contribution < -0.4 is 5.32 Å². The van der Waals surface area contributed by atoms with Crippen molar-refractivity contribution in [3.05, 3.63) is 72.1 Å². The summed E-state index contributed by atoms with van der Waals surface area (Å²) < 4.78 is 6.90. The van der Waals surface area contributed by atoms with Gasteiger partial charge in [0.15, 0.2) is 11.3 Å². The molecule has 2 aromatic carbocycles. The van der Waals surface area contributed by atoms with Gasteiger partial charge in [-0.05, 0) is 48.4 Å². The van der Waals surface area contributed by atoms with Gasteiger partial charge < -0.3 is 15.2 Å². The van der Waals surface area contributed by atoms with E-state index in [1.165, 1.54) is 0 Å². The number of carboxylic acids is 1. The molecule has 2 aromatic heterocycles. The van der Waals surface area contributed by atoms with Crippen LogP contribution in [0, 0.1) is 6.92 Å². The van der Waals surface area contributed by atoms with Crippen LogP contribution >= 0.6 is 0 Å². The summed E-state index contributed by atoms with van der Waals surface area (Å²) in [7, 11) is 0. The van der Waals surface area contributed by atoms with Crippen molar-refractivity contribution in [3.63, 3.8) is 0 Å². The number of rotatable bonds is 5. The number of hydrogen-bond acceptors (Lipinski definition) is 5. The molecular weight excluding hydrogens is 380 g/mol. The lowest BCUT2D eigenvalue weighted by atomic mass is 10.0. The number of hydrogen-bond donors (Lipinski definition) is 2. The standard InChI is InChI=1S/C23H20N4O3/c1-14-21-19(15-7-9-16(10-8-15)24-17-12-30-13-17)11-20(23(28)29)25-22(21)27(26-14)18-5-3-2-4-6-18/h2-11,17,24H,12-13H2,1H3,(H,28,29). The summed E-state index contributed by atoms with van der Waals surface area (Å²) in [6, 6.07) is 19.5. The number of ether oxygens (including phenoxy) is 1. The van der Waals surface area contributed by atoms with Crippen LogP contribution in [0.1, 0.15) is 16.2 Å². The number of para-hydroxylation sites is 1. The van der Waals surface area contributed by atoms with Crippen molar-refractivity contribution in [2.24, 2.45) is 0 Å². The van der Waals surface area contributed by atoms with Gasteiger partial charge in [-0.2, -0.15) is 5.10 Å². The fourth-order valence-electron chi connectivity index (χ4n) is 3.68. The van der Waals surface area contributed by atoms with Crippen LogP contribution in [0.4, 0.5) is 5.69 Å². The number of benzene rings is 2. The zero-order valence-electron chi connectivity index (χ0n) is 16.4. The van der Waals surface area contributed by atoms with E-state index < -0.39 is 5.97 Å². The molecule has 150 valence electrons. The Morgan fingerprint density at radius 2 is 1.87 bits per heavy atom. The van der Waals surface area contributed by atoms with Gasteiger partial charge in [0.05, 0.1) is 36.0 Å². The smallest absolute Gasteiger partial charge is 0.354 e. The first-order chi connectivity index (χ1) is 14.6. The van der Waals surface area contributed by atoms with Crippen LogP contribution in [0.3, 0.4) is 0 Å². The number of carbonyl (C=O) groups is 1. The van der Waals surface area contributed by atoms with Gasteiger partial charge in [0.25, 0.3) is 0 Å². The van der Waals surface area contributed by atoms with Gasteiger partial charge in [0.1, 0.15) is 0 Å². The molecule has 0 spiro atoms. The van der Waals surface area contributed by atoms with Gasteiger partial charge in [-0.3, -0.25) is 0 Å². The number of aromatic carboxylic acids is 1. The molecule has 0 bridgehead atoms. The number of fused-ring (bicyclic) bond motifs is 1. The minimum absolute atomic E-state index is 0.0107. The molecule has 1 saturated heterocycles. The molecule has 0 saturated carbocycles. The Morgan fingerprint density at radius 1 is 1.13 bits per heavy atom. The number of nitrogens with one attached hydrogen (secondary N) is 1. The molecule has 2 N–H and O–H groups in total. The lowest BCUT2D eigenvalue weighted by Crippen LogP contribution is -2.40. The summed E-state index contributed by atoms with van der Waals surface area (Å²) >= 11 is 0. The van der Waals surface area contributed by atoms with Crippen molar-refractivity contribution in [3.8, 4) is 16.8 Å². The Kier molecular flexibility index (Phi) is 4.44. The first-order valence-corrected chi connectivity index (χ1v) is 9.74. The average molecular weight is 400 g/mol. The van der Waals surface area contributed by atoms with Gasteiger partial charge in [-0.1, -0.05) is 30.3 Å².